The first-order chi connectivity index (χ1) is 35.0. The van der Waals surface area contributed by atoms with Crippen LogP contribution in [0.1, 0.15) is 303 Å². The first-order valence-corrected chi connectivity index (χ1v) is 31.5. The van der Waals surface area contributed by atoms with Gasteiger partial charge in [-0.25, -0.2) is 0 Å². The van der Waals surface area contributed by atoms with Gasteiger partial charge in [-0.2, -0.15) is 0 Å². The largest absolute Gasteiger partial charge is 0.465 e. The molecule has 0 rings (SSSR count). The maximum Gasteiger partial charge on any atom is 0.305 e. The molecule has 0 heterocycles. The van der Waals surface area contributed by atoms with E-state index >= 15 is 0 Å². The molecule has 0 aromatic heterocycles. The quantitative estimate of drug-likeness (QED) is 0.0344. The van der Waals surface area contributed by atoms with Crippen molar-refractivity contribution in [1.82, 2.24) is 4.90 Å². The first kappa shape index (κ1) is 69.5. The number of rotatable bonds is 60. The molecule has 0 unspecified atom stereocenters. The lowest BCUT2D eigenvalue weighted by atomic mass is 9.92. The fraction of sp³-hybridized carbons (Fsp3) is 0.892. The lowest BCUT2D eigenvalue weighted by molar-refractivity contribution is -0.156. The van der Waals surface area contributed by atoms with Gasteiger partial charge in [0.15, 0.2) is 0 Å². The number of hydrogen-bond donors (Lipinski definition) is 0. The van der Waals surface area contributed by atoms with Crippen LogP contribution in [0.25, 0.3) is 0 Å². The number of esters is 1. The molecule has 0 aliphatic rings. The summed E-state index contributed by atoms with van der Waals surface area (Å²) in [5.74, 6) is -0.133. The van der Waals surface area contributed by atoms with Crippen LogP contribution in [-0.4, -0.2) is 77.8 Å². The zero-order chi connectivity index (χ0) is 51.5. The van der Waals surface area contributed by atoms with Gasteiger partial charge in [-0.15, -0.1) is 0 Å². The number of hydrogen-bond acceptors (Lipinski definition) is 6. The molecule has 0 aromatic carbocycles. The molecule has 71 heavy (non-hydrogen) atoms. The van der Waals surface area contributed by atoms with E-state index in [1.54, 1.807) is 0 Å². The van der Waals surface area contributed by atoms with E-state index in [0.29, 0.717) is 26.2 Å². The highest BCUT2D eigenvalue weighted by Gasteiger charge is 2.34. The molecule has 0 aromatic rings. The van der Waals surface area contributed by atoms with E-state index in [-0.39, 0.29) is 12.6 Å². The third kappa shape index (κ3) is 56.1. The highest BCUT2D eigenvalue weighted by Crippen LogP contribution is 2.23. The van der Waals surface area contributed by atoms with Gasteiger partial charge in [-0.1, -0.05) is 231 Å². The van der Waals surface area contributed by atoms with E-state index in [2.05, 4.69) is 62.1 Å². The second kappa shape index (κ2) is 59.4. The van der Waals surface area contributed by atoms with Crippen LogP contribution in [0.15, 0.2) is 36.5 Å². The second-order valence-corrected chi connectivity index (χ2v) is 22.0. The average Bonchev–Trinajstić information content (AvgIpc) is 3.36. The summed E-state index contributed by atoms with van der Waals surface area (Å²) in [6.07, 6.45) is 70.2. The normalized spacial score (nSPS) is 12.3. The van der Waals surface area contributed by atoms with E-state index in [0.717, 1.165) is 52.0 Å². The van der Waals surface area contributed by atoms with Gasteiger partial charge in [0.2, 0.25) is 0 Å². The summed E-state index contributed by atoms with van der Waals surface area (Å²) in [6, 6.07) is 0. The standard InChI is InChI=1S/C65H125NO5/c1-6-9-12-15-18-21-24-27-30-33-36-39-42-45-48-51-57-68-60-65(63-71-64(67)55-54-56-66(4)5,61-69-58-52-49-46-43-40-37-34-31-28-25-22-19-16-13-10-7-2)62-70-59-53-50-47-44-41-38-35-32-29-26-23-20-17-14-11-8-3/h27-32H,6-26,33-63H2,1-5H3/b30-27-,31-28-,32-29-. The summed E-state index contributed by atoms with van der Waals surface area (Å²) >= 11 is 0. The summed E-state index contributed by atoms with van der Waals surface area (Å²) in [5, 5.41) is 0. The minimum absolute atomic E-state index is 0.133. The Bertz CT molecular complexity index is 1010. The van der Waals surface area contributed by atoms with Crippen molar-refractivity contribution in [3.8, 4) is 0 Å². The Morgan fingerprint density at radius 2 is 0.592 bits per heavy atom. The molecular formula is C65H125NO5. The molecule has 0 atom stereocenters. The predicted molar refractivity (Wildman–Crippen MR) is 312 cm³/mol. The molecule has 6 heteroatoms. The molecule has 0 bridgehead atoms. The van der Waals surface area contributed by atoms with Gasteiger partial charge < -0.3 is 23.8 Å². The molecule has 0 saturated carbocycles. The highest BCUT2D eigenvalue weighted by molar-refractivity contribution is 5.69. The SMILES string of the molecule is CCCCCCCC/C=C\CCCCCCCCOCC(COCCCCCCCC/C=C\CCCCCCCC)(COCCCCCCCC/C=C\CCCCCCCC)COC(=O)CCCN(C)C. The van der Waals surface area contributed by atoms with E-state index in [1.807, 2.05) is 14.1 Å². The van der Waals surface area contributed by atoms with Crippen LogP contribution in [0.3, 0.4) is 0 Å². The molecule has 0 radical (unpaired) electrons. The minimum Gasteiger partial charge on any atom is -0.465 e. The fourth-order valence-electron chi connectivity index (χ4n) is 9.32. The predicted octanol–water partition coefficient (Wildman–Crippen LogP) is 20.0. The molecule has 0 aliphatic carbocycles. The number of unbranched alkanes of at least 4 members (excludes halogenated alkanes) is 36. The van der Waals surface area contributed by atoms with E-state index < -0.39 is 5.41 Å². The summed E-state index contributed by atoms with van der Waals surface area (Å²) in [7, 11) is 4.10. The Morgan fingerprint density at radius 1 is 0.338 bits per heavy atom. The maximum atomic E-state index is 13.0. The smallest absolute Gasteiger partial charge is 0.305 e. The summed E-state index contributed by atoms with van der Waals surface area (Å²) in [4.78, 5) is 15.1. The average molecular weight is 1000 g/mol. The van der Waals surface area contributed by atoms with Gasteiger partial charge in [0.05, 0.1) is 25.2 Å². The van der Waals surface area contributed by atoms with Gasteiger partial charge in [0.1, 0.15) is 6.61 Å². The molecule has 420 valence electrons. The van der Waals surface area contributed by atoms with Gasteiger partial charge >= 0.3 is 5.97 Å². The Kier molecular flexibility index (Phi) is 58.2. The number of ether oxygens (including phenoxy) is 4. The van der Waals surface area contributed by atoms with Crippen molar-refractivity contribution < 1.29 is 23.7 Å². The van der Waals surface area contributed by atoms with Crippen molar-refractivity contribution in [3.05, 3.63) is 36.5 Å². The van der Waals surface area contributed by atoms with Crippen molar-refractivity contribution in [2.24, 2.45) is 5.41 Å². The van der Waals surface area contributed by atoms with Crippen LogP contribution < -0.4 is 0 Å². The molecule has 0 spiro atoms. The third-order valence-corrected chi connectivity index (χ3v) is 14.2. The van der Waals surface area contributed by atoms with Crippen molar-refractivity contribution in [1.29, 1.82) is 0 Å². The lowest BCUT2D eigenvalue weighted by Gasteiger charge is -2.33. The number of nitrogens with zero attached hydrogens (tertiary/aromatic N) is 1. The highest BCUT2D eigenvalue weighted by atomic mass is 16.5. The Morgan fingerprint density at radius 3 is 0.859 bits per heavy atom. The van der Waals surface area contributed by atoms with E-state index in [1.165, 1.54) is 250 Å². The monoisotopic (exact) mass is 1000 g/mol. The van der Waals surface area contributed by atoms with Crippen LogP contribution in [0.5, 0.6) is 0 Å². The zero-order valence-electron chi connectivity index (χ0n) is 48.7. The lowest BCUT2D eigenvalue weighted by Crippen LogP contribution is -2.42. The number of carbonyl (C=O) groups excluding carboxylic acids is 1. The van der Waals surface area contributed by atoms with Crippen LogP contribution >= 0.6 is 0 Å². The van der Waals surface area contributed by atoms with Gasteiger partial charge in [-0.3, -0.25) is 4.79 Å². The minimum atomic E-state index is -0.509. The molecule has 0 N–H and O–H groups in total. The molecule has 6 nitrogen and oxygen atoms in total. The third-order valence-electron chi connectivity index (χ3n) is 14.2. The van der Waals surface area contributed by atoms with Crippen LogP contribution in [0.4, 0.5) is 0 Å². The summed E-state index contributed by atoms with van der Waals surface area (Å²) in [5.41, 5.74) is -0.509. The second-order valence-electron chi connectivity index (χ2n) is 22.0. The Hall–Kier alpha value is -1.47. The zero-order valence-corrected chi connectivity index (χ0v) is 48.7. The van der Waals surface area contributed by atoms with Crippen molar-refractivity contribution in [2.75, 3.05) is 66.9 Å². The number of carbonyl (C=O) groups is 1. The van der Waals surface area contributed by atoms with Crippen molar-refractivity contribution >= 4 is 5.97 Å². The van der Waals surface area contributed by atoms with Gasteiger partial charge in [0, 0.05) is 26.2 Å². The molecule has 0 saturated heterocycles. The fourth-order valence-corrected chi connectivity index (χ4v) is 9.32. The Balaban J connectivity index is 4.93. The molecular weight excluding hydrogens is 875 g/mol. The van der Waals surface area contributed by atoms with E-state index in [4.69, 9.17) is 18.9 Å². The van der Waals surface area contributed by atoms with Crippen LogP contribution in [-0.2, 0) is 23.7 Å². The Labute approximate surface area is 444 Å². The van der Waals surface area contributed by atoms with E-state index in [9.17, 15) is 4.79 Å². The van der Waals surface area contributed by atoms with Crippen LogP contribution in [0.2, 0.25) is 0 Å². The topological polar surface area (TPSA) is 57.2 Å². The van der Waals surface area contributed by atoms with Crippen molar-refractivity contribution in [2.45, 2.75) is 303 Å². The van der Waals surface area contributed by atoms with Crippen LogP contribution in [0, 0.1) is 5.41 Å². The molecule has 0 fully saturated rings. The van der Waals surface area contributed by atoms with Gasteiger partial charge in [-0.05, 0) is 123 Å². The summed E-state index contributed by atoms with van der Waals surface area (Å²) < 4.78 is 25.4. The first-order valence-electron chi connectivity index (χ1n) is 31.5. The number of allylic oxidation sites excluding steroid dienone is 6. The molecule has 0 aliphatic heterocycles. The van der Waals surface area contributed by atoms with Gasteiger partial charge in [0.25, 0.3) is 0 Å². The molecule has 0 amide bonds. The summed E-state index contributed by atoms with van der Waals surface area (Å²) in [6.45, 7) is 11.7. The maximum absolute atomic E-state index is 13.0. The van der Waals surface area contributed by atoms with Crippen molar-refractivity contribution in [3.63, 3.8) is 0 Å².